The van der Waals surface area contributed by atoms with Crippen LogP contribution in [0.25, 0.3) is 0 Å². The second-order valence-corrected chi connectivity index (χ2v) is 11.8. The maximum absolute atomic E-state index is 12.7. The van der Waals surface area contributed by atoms with Gasteiger partial charge in [0, 0.05) is 42.9 Å². The number of morpholine rings is 1. The minimum Gasteiger partial charge on any atom is -0.442 e. The minimum atomic E-state index is -1.06. The van der Waals surface area contributed by atoms with Crippen molar-refractivity contribution < 1.29 is 33.4 Å². The van der Waals surface area contributed by atoms with E-state index in [0.29, 0.717) is 5.56 Å². The average Bonchev–Trinajstić information content (AvgIpc) is 2.91. The molecule has 0 unspecified atom stereocenters. The Bertz CT molecular complexity index is 1260. The van der Waals surface area contributed by atoms with Crippen LogP contribution in [-0.2, 0) is 25.6 Å². The van der Waals surface area contributed by atoms with E-state index in [2.05, 4.69) is 34.2 Å². The van der Waals surface area contributed by atoms with E-state index in [1.807, 2.05) is 12.1 Å². The van der Waals surface area contributed by atoms with Gasteiger partial charge in [-0.3, -0.25) is 9.69 Å². The summed E-state index contributed by atoms with van der Waals surface area (Å²) in [6, 6.07) is 15.1. The summed E-state index contributed by atoms with van der Waals surface area (Å²) in [5, 5.41) is 3.44. The van der Waals surface area contributed by atoms with Crippen LogP contribution in [0.15, 0.2) is 48.5 Å². The molecule has 1 N–H and O–H groups in total. The van der Waals surface area contributed by atoms with Crippen LogP contribution in [0.2, 0.25) is 0 Å². The summed E-state index contributed by atoms with van der Waals surface area (Å²) in [4.78, 5) is 44.8. The van der Waals surface area contributed by atoms with E-state index in [-0.39, 0.29) is 19.0 Å². The predicted octanol–water partition coefficient (Wildman–Crippen LogP) is 4.75. The van der Waals surface area contributed by atoms with Gasteiger partial charge in [0.25, 0.3) is 5.91 Å². The molecular formula is C32H41N3O7. The lowest BCUT2D eigenvalue weighted by Gasteiger charge is -2.27. The van der Waals surface area contributed by atoms with E-state index >= 15 is 0 Å². The number of rotatable bonds is 6. The molecule has 0 radical (unpaired) electrons. The van der Waals surface area contributed by atoms with Crippen molar-refractivity contribution in [2.45, 2.75) is 59.3 Å². The van der Waals surface area contributed by atoms with Crippen LogP contribution in [0, 0.1) is 11.8 Å². The first-order valence-electron chi connectivity index (χ1n) is 14.0. The summed E-state index contributed by atoms with van der Waals surface area (Å²) in [7, 11) is 0. The fourth-order valence-electron chi connectivity index (χ4n) is 3.78. The predicted molar refractivity (Wildman–Crippen MR) is 158 cm³/mol. The lowest BCUT2D eigenvalue weighted by Crippen LogP contribution is -2.43. The average molecular weight is 580 g/mol. The highest BCUT2D eigenvalue weighted by Crippen LogP contribution is 2.14. The number of ether oxygens (including phenoxy) is 3. The molecule has 0 aliphatic carbocycles. The van der Waals surface area contributed by atoms with Gasteiger partial charge >= 0.3 is 12.2 Å². The van der Waals surface area contributed by atoms with Crippen molar-refractivity contribution in [3.8, 4) is 11.8 Å². The van der Waals surface area contributed by atoms with Crippen molar-refractivity contribution in [2.75, 3.05) is 39.4 Å². The Morgan fingerprint density at radius 3 is 1.95 bits per heavy atom. The molecule has 1 aliphatic heterocycles. The summed E-state index contributed by atoms with van der Waals surface area (Å²) >= 11 is 0. The molecule has 2 amide bonds. The summed E-state index contributed by atoms with van der Waals surface area (Å²) in [5.41, 5.74) is 1.71. The van der Waals surface area contributed by atoms with Crippen molar-refractivity contribution in [1.29, 1.82) is 0 Å². The summed E-state index contributed by atoms with van der Waals surface area (Å²) in [5.74, 6) is 5.93. The monoisotopic (exact) mass is 579 g/mol. The Balaban J connectivity index is 1.52. The first-order chi connectivity index (χ1) is 19.8. The second kappa shape index (κ2) is 14.7. The van der Waals surface area contributed by atoms with Gasteiger partial charge in [-0.25, -0.2) is 9.59 Å². The highest BCUT2D eigenvalue weighted by atomic mass is 16.8. The van der Waals surface area contributed by atoms with Gasteiger partial charge < -0.3 is 24.4 Å². The third kappa shape index (κ3) is 11.8. The standard InChI is InChI=1S/C32H41N3O7/c1-31(2,3)40-29(37)35(42-30(38)41-32(4,5)6)18-17-33-28(36)27-15-13-25(14-16-27)8-7-24-9-11-26(12-10-24)23-34-19-21-39-22-20-34/h9-16H,17-23H2,1-6H3,(H,33,36). The summed E-state index contributed by atoms with van der Waals surface area (Å²) in [6.45, 7) is 14.3. The van der Waals surface area contributed by atoms with Gasteiger partial charge in [-0.15, -0.1) is 5.06 Å². The number of carbonyl (C=O) groups is 3. The van der Waals surface area contributed by atoms with E-state index < -0.39 is 23.5 Å². The summed E-state index contributed by atoms with van der Waals surface area (Å²) < 4.78 is 15.8. The topological polar surface area (TPSA) is 107 Å². The zero-order chi connectivity index (χ0) is 30.8. The lowest BCUT2D eigenvalue weighted by atomic mass is 10.1. The van der Waals surface area contributed by atoms with Gasteiger partial charge in [0.2, 0.25) is 0 Å². The van der Waals surface area contributed by atoms with E-state index in [1.165, 1.54) is 5.56 Å². The molecule has 0 aromatic heterocycles. The Hall–Kier alpha value is -4.07. The van der Waals surface area contributed by atoms with Gasteiger partial charge in [0.1, 0.15) is 11.2 Å². The first-order valence-corrected chi connectivity index (χ1v) is 14.0. The van der Waals surface area contributed by atoms with Crippen molar-refractivity contribution >= 4 is 18.2 Å². The molecule has 2 aromatic rings. The van der Waals surface area contributed by atoms with Crippen molar-refractivity contribution in [3.05, 3.63) is 70.8 Å². The number of amides is 2. The molecule has 226 valence electrons. The van der Waals surface area contributed by atoms with Gasteiger partial charge in [-0.1, -0.05) is 24.0 Å². The molecule has 2 aromatic carbocycles. The number of carbonyl (C=O) groups excluding carboxylic acids is 3. The van der Waals surface area contributed by atoms with Crippen LogP contribution in [-0.4, -0.2) is 78.7 Å². The minimum absolute atomic E-state index is 0.00393. The molecule has 0 spiro atoms. The Kier molecular flexibility index (Phi) is 11.4. The Morgan fingerprint density at radius 2 is 1.40 bits per heavy atom. The molecule has 42 heavy (non-hydrogen) atoms. The fraction of sp³-hybridized carbons (Fsp3) is 0.469. The van der Waals surface area contributed by atoms with Crippen LogP contribution >= 0.6 is 0 Å². The largest absolute Gasteiger partial charge is 0.534 e. The molecule has 1 fully saturated rings. The Labute approximate surface area is 248 Å². The van der Waals surface area contributed by atoms with Crippen LogP contribution in [0.1, 0.15) is 68.6 Å². The zero-order valence-electron chi connectivity index (χ0n) is 25.3. The Morgan fingerprint density at radius 1 is 0.857 bits per heavy atom. The molecule has 0 saturated carbocycles. The zero-order valence-corrected chi connectivity index (χ0v) is 25.3. The van der Waals surface area contributed by atoms with Crippen molar-refractivity contribution in [1.82, 2.24) is 15.3 Å². The molecule has 3 rings (SSSR count). The third-order valence-corrected chi connectivity index (χ3v) is 5.73. The number of nitrogens with zero attached hydrogens (tertiary/aromatic N) is 2. The van der Waals surface area contributed by atoms with Gasteiger partial charge in [0.05, 0.1) is 19.8 Å². The SMILES string of the molecule is CC(C)(C)OC(=O)ON(CCNC(=O)c1ccc(C#Cc2ccc(CN3CCOCC3)cc2)cc1)C(=O)OC(C)(C)C. The normalized spacial score (nSPS) is 13.8. The van der Waals surface area contributed by atoms with Crippen molar-refractivity contribution in [3.63, 3.8) is 0 Å². The number of benzene rings is 2. The molecular weight excluding hydrogens is 538 g/mol. The number of hydroxylamine groups is 2. The maximum atomic E-state index is 12.7. The number of nitrogens with one attached hydrogen (secondary N) is 1. The van der Waals surface area contributed by atoms with Crippen LogP contribution in [0.4, 0.5) is 9.59 Å². The molecule has 1 aliphatic rings. The molecule has 1 heterocycles. The second-order valence-electron chi connectivity index (χ2n) is 11.8. The van der Waals surface area contributed by atoms with Crippen LogP contribution in [0.5, 0.6) is 0 Å². The van der Waals surface area contributed by atoms with Gasteiger partial charge in [-0.05, 0) is 83.5 Å². The molecule has 10 nitrogen and oxygen atoms in total. The van der Waals surface area contributed by atoms with Crippen LogP contribution < -0.4 is 5.32 Å². The fourth-order valence-corrected chi connectivity index (χ4v) is 3.78. The number of hydrogen-bond acceptors (Lipinski definition) is 8. The van der Waals surface area contributed by atoms with E-state index in [4.69, 9.17) is 19.0 Å². The highest BCUT2D eigenvalue weighted by Gasteiger charge is 2.28. The van der Waals surface area contributed by atoms with Gasteiger partial charge in [0.15, 0.2) is 0 Å². The third-order valence-electron chi connectivity index (χ3n) is 5.73. The van der Waals surface area contributed by atoms with E-state index in [0.717, 1.165) is 49.0 Å². The highest BCUT2D eigenvalue weighted by molar-refractivity contribution is 5.94. The molecule has 10 heteroatoms. The van der Waals surface area contributed by atoms with Crippen molar-refractivity contribution in [2.24, 2.45) is 0 Å². The first kappa shape index (κ1) is 32.4. The molecule has 1 saturated heterocycles. The van der Waals surface area contributed by atoms with Gasteiger partial charge in [-0.2, -0.15) is 0 Å². The molecule has 0 atom stereocenters. The van der Waals surface area contributed by atoms with E-state index in [9.17, 15) is 14.4 Å². The summed E-state index contributed by atoms with van der Waals surface area (Å²) in [6.07, 6.45) is -1.93. The lowest BCUT2D eigenvalue weighted by molar-refractivity contribution is -0.135. The van der Waals surface area contributed by atoms with E-state index in [1.54, 1.807) is 65.8 Å². The smallest absolute Gasteiger partial charge is 0.442 e. The number of hydrogen-bond donors (Lipinski definition) is 1. The maximum Gasteiger partial charge on any atom is 0.534 e. The quantitative estimate of drug-likeness (QED) is 0.297. The van der Waals surface area contributed by atoms with Crippen LogP contribution in [0.3, 0.4) is 0 Å². The molecule has 0 bridgehead atoms.